The van der Waals surface area contributed by atoms with E-state index in [2.05, 4.69) is 63.7 Å². The lowest BCUT2D eigenvalue weighted by molar-refractivity contribution is -0.135. The van der Waals surface area contributed by atoms with E-state index in [-0.39, 0.29) is 17.6 Å². The fourth-order valence-electron chi connectivity index (χ4n) is 3.95. The maximum Gasteiger partial charge on any atom is 0.246 e. The smallest absolute Gasteiger partial charge is 0.246 e. The molecule has 0 bridgehead atoms. The zero-order valence-electron chi connectivity index (χ0n) is 26.3. The number of nitrogens with one attached hydrogen (secondary N) is 3. The molecule has 0 aliphatic rings. The number of aromatic nitrogens is 2. The molecule has 0 saturated heterocycles. The van der Waals surface area contributed by atoms with Crippen LogP contribution in [0.15, 0.2) is 66.9 Å². The number of amides is 2. The number of likely N-dealkylation sites (N-methyl/N-ethyl adjacent to an activating group) is 2. The Balaban J connectivity index is 1.62. The highest BCUT2D eigenvalue weighted by atomic mass is 19.1. The van der Waals surface area contributed by atoms with Crippen LogP contribution < -0.4 is 16.0 Å². The van der Waals surface area contributed by atoms with Crippen molar-refractivity contribution in [3.63, 3.8) is 0 Å². The summed E-state index contributed by atoms with van der Waals surface area (Å²) in [6.45, 7) is 7.05. The molecule has 44 heavy (non-hydrogen) atoms. The van der Waals surface area contributed by atoms with Crippen LogP contribution in [0.5, 0.6) is 0 Å². The second-order valence-electron chi connectivity index (χ2n) is 11.0. The summed E-state index contributed by atoms with van der Waals surface area (Å²) >= 11 is 0. The number of anilines is 4. The lowest BCUT2D eigenvalue weighted by atomic mass is 10.0. The highest BCUT2D eigenvalue weighted by Crippen LogP contribution is 2.23. The zero-order valence-corrected chi connectivity index (χ0v) is 26.3. The molecule has 0 unspecified atom stereocenters. The van der Waals surface area contributed by atoms with Crippen molar-refractivity contribution in [3.05, 3.63) is 83.8 Å². The molecular weight excluding hydrogens is 557 g/mol. The van der Waals surface area contributed by atoms with E-state index in [1.54, 1.807) is 38.4 Å². The summed E-state index contributed by atoms with van der Waals surface area (Å²) in [5, 5.41) is 9.24. The van der Waals surface area contributed by atoms with Crippen LogP contribution in [0.25, 0.3) is 0 Å². The minimum Gasteiger partial charge on any atom is -0.354 e. The minimum absolute atomic E-state index is 0.222. The third-order valence-electron chi connectivity index (χ3n) is 6.75. The zero-order chi connectivity index (χ0) is 32.1. The molecule has 3 N–H and O–H groups in total. The molecule has 0 aliphatic heterocycles. The van der Waals surface area contributed by atoms with Crippen molar-refractivity contribution >= 4 is 35.0 Å². The maximum atomic E-state index is 13.7. The topological polar surface area (TPSA) is 102 Å². The molecule has 3 rings (SSSR count). The van der Waals surface area contributed by atoms with Gasteiger partial charge in [-0.05, 0) is 69.3 Å². The van der Waals surface area contributed by atoms with E-state index in [1.165, 1.54) is 28.7 Å². The van der Waals surface area contributed by atoms with Crippen LogP contribution in [0.4, 0.5) is 27.5 Å². The molecule has 0 fully saturated rings. The molecule has 2 amide bonds. The number of benzene rings is 2. The van der Waals surface area contributed by atoms with E-state index in [0.29, 0.717) is 54.9 Å². The Morgan fingerprint density at radius 1 is 1.02 bits per heavy atom. The van der Waals surface area contributed by atoms with Gasteiger partial charge in [0.1, 0.15) is 11.9 Å². The van der Waals surface area contributed by atoms with Gasteiger partial charge in [-0.25, -0.2) is 9.37 Å². The Bertz CT molecular complexity index is 1490. The average Bonchev–Trinajstić information content (AvgIpc) is 2.99. The summed E-state index contributed by atoms with van der Waals surface area (Å²) in [7, 11) is 5.45. The second kappa shape index (κ2) is 16.8. The summed E-state index contributed by atoms with van der Waals surface area (Å²) < 4.78 is 13.7. The number of unbranched alkanes of at least 4 members (excludes halogenated alkanes) is 1. The standard InChI is InChI=1S/C34H42FN7O2/c1-24(2)26-16-18-29(19-17-26)38-32-27(23-37-34(40-32)39-30-14-10-13-28(35)22-30)12-8-7-9-20-36-33(44)25(3)42(6)31(43)15-11-21-41(4)5/h10-11,13-19,22-25H,7,9,20-21H2,1-6H3,(H,36,44)(H2,37,38,39,40)/t25-/m0/s1. The predicted octanol–water partition coefficient (Wildman–Crippen LogP) is 5.44. The van der Waals surface area contributed by atoms with Gasteiger partial charge in [-0.3, -0.25) is 9.59 Å². The second-order valence-corrected chi connectivity index (χ2v) is 11.0. The molecular formula is C34H42FN7O2. The van der Waals surface area contributed by atoms with Crippen molar-refractivity contribution in [2.24, 2.45) is 0 Å². The van der Waals surface area contributed by atoms with Crippen molar-refractivity contribution in [2.75, 3.05) is 44.9 Å². The number of rotatable bonds is 13. The number of hydrogen-bond acceptors (Lipinski definition) is 7. The van der Waals surface area contributed by atoms with Gasteiger partial charge in [0, 0.05) is 44.0 Å². The van der Waals surface area contributed by atoms with Crippen molar-refractivity contribution < 1.29 is 14.0 Å². The first kappa shape index (κ1) is 33.7. The van der Waals surface area contributed by atoms with Gasteiger partial charge in [0.05, 0.1) is 11.8 Å². The van der Waals surface area contributed by atoms with E-state index >= 15 is 0 Å². The van der Waals surface area contributed by atoms with Gasteiger partial charge in [0.15, 0.2) is 5.82 Å². The van der Waals surface area contributed by atoms with Gasteiger partial charge < -0.3 is 25.8 Å². The molecule has 2 aromatic carbocycles. The quantitative estimate of drug-likeness (QED) is 0.137. The normalized spacial score (nSPS) is 11.7. The summed E-state index contributed by atoms with van der Waals surface area (Å²) in [5.74, 6) is 6.69. The molecule has 0 spiro atoms. The number of carbonyl (C=O) groups excluding carboxylic acids is 2. The molecule has 9 nitrogen and oxygen atoms in total. The molecule has 232 valence electrons. The molecule has 3 aromatic rings. The SMILES string of the molecule is CC(C)c1ccc(Nc2nc(Nc3cccc(F)c3)ncc2C#CCCCNC(=O)[C@H](C)N(C)C(=O)C=CCN(C)C)cc1. The Morgan fingerprint density at radius 2 is 1.77 bits per heavy atom. The van der Waals surface area contributed by atoms with E-state index < -0.39 is 6.04 Å². The minimum atomic E-state index is -0.600. The Morgan fingerprint density at radius 3 is 2.45 bits per heavy atom. The summed E-state index contributed by atoms with van der Waals surface area (Å²) in [6.07, 6.45) is 6.03. The third-order valence-corrected chi connectivity index (χ3v) is 6.75. The van der Waals surface area contributed by atoms with Crippen molar-refractivity contribution in [2.45, 2.75) is 45.6 Å². The fourth-order valence-corrected chi connectivity index (χ4v) is 3.95. The maximum absolute atomic E-state index is 13.7. The van der Waals surface area contributed by atoms with E-state index in [9.17, 15) is 14.0 Å². The lowest BCUT2D eigenvalue weighted by Crippen LogP contribution is -2.45. The lowest BCUT2D eigenvalue weighted by Gasteiger charge is -2.23. The first-order valence-electron chi connectivity index (χ1n) is 14.6. The van der Waals surface area contributed by atoms with Crippen LogP contribution in [-0.2, 0) is 9.59 Å². The van der Waals surface area contributed by atoms with E-state index in [0.717, 1.165) is 5.69 Å². The van der Waals surface area contributed by atoms with Crippen LogP contribution in [-0.4, -0.2) is 71.9 Å². The molecule has 0 aliphatic carbocycles. The van der Waals surface area contributed by atoms with Gasteiger partial charge in [-0.1, -0.05) is 50.0 Å². The summed E-state index contributed by atoms with van der Waals surface area (Å²) in [4.78, 5) is 37.2. The van der Waals surface area contributed by atoms with Crippen LogP contribution >= 0.6 is 0 Å². The van der Waals surface area contributed by atoms with Gasteiger partial charge in [0.25, 0.3) is 0 Å². The average molecular weight is 600 g/mol. The van der Waals surface area contributed by atoms with Crippen molar-refractivity contribution in [3.8, 4) is 11.8 Å². The van der Waals surface area contributed by atoms with E-state index in [1.807, 2.05) is 31.1 Å². The molecule has 1 heterocycles. The fraction of sp³-hybridized carbons (Fsp3) is 0.353. The van der Waals surface area contributed by atoms with Gasteiger partial charge in [-0.2, -0.15) is 4.98 Å². The Labute approximate surface area is 260 Å². The summed E-state index contributed by atoms with van der Waals surface area (Å²) in [5.41, 5.74) is 3.20. The molecule has 1 atom stereocenters. The number of hydrogen-bond donors (Lipinski definition) is 3. The highest BCUT2D eigenvalue weighted by Gasteiger charge is 2.20. The van der Waals surface area contributed by atoms with Crippen molar-refractivity contribution in [1.29, 1.82) is 0 Å². The number of nitrogens with zero attached hydrogens (tertiary/aromatic N) is 4. The largest absolute Gasteiger partial charge is 0.354 e. The molecule has 0 radical (unpaired) electrons. The molecule has 1 aromatic heterocycles. The van der Waals surface area contributed by atoms with Gasteiger partial charge >= 0.3 is 0 Å². The third kappa shape index (κ3) is 10.8. The van der Waals surface area contributed by atoms with Crippen LogP contribution in [0.2, 0.25) is 0 Å². The Hall–Kier alpha value is -4.75. The first-order chi connectivity index (χ1) is 21.0. The number of halogens is 1. The molecule has 0 saturated carbocycles. The van der Waals surface area contributed by atoms with Crippen molar-refractivity contribution in [1.82, 2.24) is 25.1 Å². The van der Waals surface area contributed by atoms with Crippen LogP contribution in [0.1, 0.15) is 50.7 Å². The molecule has 10 heteroatoms. The predicted molar refractivity (Wildman–Crippen MR) is 175 cm³/mol. The van der Waals surface area contributed by atoms with E-state index in [4.69, 9.17) is 0 Å². The summed E-state index contributed by atoms with van der Waals surface area (Å²) in [6, 6.07) is 13.6. The van der Waals surface area contributed by atoms with Crippen LogP contribution in [0, 0.1) is 17.7 Å². The van der Waals surface area contributed by atoms with Gasteiger partial charge in [-0.15, -0.1) is 0 Å². The Kier molecular flexibility index (Phi) is 12.9. The number of carbonyl (C=O) groups is 2. The monoisotopic (exact) mass is 599 g/mol. The van der Waals surface area contributed by atoms with Gasteiger partial charge in [0.2, 0.25) is 17.8 Å². The first-order valence-corrected chi connectivity index (χ1v) is 14.6. The van der Waals surface area contributed by atoms with Crippen LogP contribution in [0.3, 0.4) is 0 Å². The highest BCUT2D eigenvalue weighted by molar-refractivity contribution is 5.92.